The maximum absolute atomic E-state index is 12.9. The topological polar surface area (TPSA) is 104 Å². The molecule has 9 heteroatoms. The molecule has 0 radical (unpaired) electrons. The summed E-state index contributed by atoms with van der Waals surface area (Å²) in [6.45, 7) is 5.45. The van der Waals surface area contributed by atoms with E-state index in [2.05, 4.69) is 4.99 Å². The van der Waals surface area contributed by atoms with Crippen LogP contribution in [0.15, 0.2) is 41.4 Å². The van der Waals surface area contributed by atoms with Crippen molar-refractivity contribution in [3.8, 4) is 0 Å². The number of aryl methyl sites for hydroxylation is 1. The molecule has 0 saturated carbocycles. The van der Waals surface area contributed by atoms with Gasteiger partial charge < -0.3 is 9.30 Å². The van der Waals surface area contributed by atoms with Crippen molar-refractivity contribution in [3.05, 3.63) is 68.0 Å². The fourth-order valence-corrected chi connectivity index (χ4v) is 4.20. The fourth-order valence-electron chi connectivity index (χ4n) is 3.11. The average Bonchev–Trinajstić information content (AvgIpc) is 3.03. The number of carbonyl (C=O) groups excluding carboxylic acids is 2. The predicted molar refractivity (Wildman–Crippen MR) is 114 cm³/mol. The molecule has 0 spiro atoms. The van der Waals surface area contributed by atoms with Gasteiger partial charge in [-0.25, -0.2) is 0 Å². The molecule has 8 nitrogen and oxygen atoms in total. The SMILES string of the molecule is CCOC(=O)Cn1c(=NC(=O)c2cccc([N+](=O)[O-])c2C)sc2cc(CC)ccc21. The zero-order valence-electron chi connectivity index (χ0n) is 16.9. The van der Waals surface area contributed by atoms with E-state index in [1.165, 1.54) is 36.5 Å². The van der Waals surface area contributed by atoms with E-state index in [1.54, 1.807) is 11.5 Å². The van der Waals surface area contributed by atoms with E-state index in [1.807, 2.05) is 25.1 Å². The Morgan fingerprint density at radius 2 is 2.00 bits per heavy atom. The summed E-state index contributed by atoms with van der Waals surface area (Å²) in [5, 5.41) is 11.2. The summed E-state index contributed by atoms with van der Waals surface area (Å²) in [6, 6.07) is 10.2. The Hall–Kier alpha value is -3.33. The number of esters is 1. The van der Waals surface area contributed by atoms with Crippen LogP contribution in [0.25, 0.3) is 10.2 Å². The number of fused-ring (bicyclic) bond motifs is 1. The number of hydrogen-bond acceptors (Lipinski definition) is 6. The van der Waals surface area contributed by atoms with Crippen LogP contribution in [0.1, 0.15) is 35.3 Å². The van der Waals surface area contributed by atoms with Gasteiger partial charge in [0.2, 0.25) is 0 Å². The smallest absolute Gasteiger partial charge is 0.326 e. The molecule has 0 fully saturated rings. The van der Waals surface area contributed by atoms with Gasteiger partial charge in [-0.3, -0.25) is 19.7 Å². The summed E-state index contributed by atoms with van der Waals surface area (Å²) < 4.78 is 7.59. The number of benzene rings is 2. The second kappa shape index (κ2) is 9.00. The third-order valence-electron chi connectivity index (χ3n) is 4.68. The van der Waals surface area contributed by atoms with Gasteiger partial charge in [0, 0.05) is 11.6 Å². The average molecular weight is 427 g/mol. The highest BCUT2D eigenvalue weighted by Crippen LogP contribution is 2.23. The van der Waals surface area contributed by atoms with Crippen LogP contribution in [0.2, 0.25) is 0 Å². The quantitative estimate of drug-likeness (QED) is 0.338. The number of carbonyl (C=O) groups is 2. The van der Waals surface area contributed by atoms with Crippen molar-refractivity contribution in [3.63, 3.8) is 0 Å². The van der Waals surface area contributed by atoms with Gasteiger partial charge in [-0.1, -0.05) is 30.4 Å². The largest absolute Gasteiger partial charge is 0.465 e. The van der Waals surface area contributed by atoms with Crippen LogP contribution in [0.4, 0.5) is 5.69 Å². The molecule has 0 aliphatic heterocycles. The van der Waals surface area contributed by atoms with Gasteiger partial charge in [0.25, 0.3) is 11.6 Å². The summed E-state index contributed by atoms with van der Waals surface area (Å²) in [6.07, 6.45) is 0.851. The molecule has 0 N–H and O–H groups in total. The van der Waals surface area contributed by atoms with E-state index >= 15 is 0 Å². The van der Waals surface area contributed by atoms with Crippen molar-refractivity contribution in [1.29, 1.82) is 0 Å². The number of nitrogens with zero attached hydrogens (tertiary/aromatic N) is 3. The Kier molecular flexibility index (Phi) is 6.41. The molecule has 1 amide bonds. The van der Waals surface area contributed by atoms with Crippen LogP contribution >= 0.6 is 11.3 Å². The summed E-state index contributed by atoms with van der Waals surface area (Å²) in [5.74, 6) is -1.03. The van der Waals surface area contributed by atoms with Crippen molar-refractivity contribution in [1.82, 2.24) is 4.57 Å². The molecule has 0 aliphatic rings. The van der Waals surface area contributed by atoms with Crippen LogP contribution in [0.5, 0.6) is 0 Å². The minimum Gasteiger partial charge on any atom is -0.465 e. The first-order valence-corrected chi connectivity index (χ1v) is 10.3. The highest BCUT2D eigenvalue weighted by Gasteiger charge is 2.19. The molecule has 156 valence electrons. The molecule has 0 bridgehead atoms. The molecule has 3 aromatic rings. The molecular weight excluding hydrogens is 406 g/mol. The Bertz CT molecular complexity index is 1210. The molecule has 1 heterocycles. The minimum atomic E-state index is -0.601. The fraction of sp³-hybridized carbons (Fsp3) is 0.286. The van der Waals surface area contributed by atoms with Crippen molar-refractivity contribution in [2.75, 3.05) is 6.61 Å². The van der Waals surface area contributed by atoms with E-state index in [0.717, 1.165) is 22.2 Å². The number of rotatable bonds is 6. The molecule has 3 rings (SSSR count). The highest BCUT2D eigenvalue weighted by molar-refractivity contribution is 7.16. The lowest BCUT2D eigenvalue weighted by Crippen LogP contribution is -2.23. The maximum atomic E-state index is 12.9. The van der Waals surface area contributed by atoms with Gasteiger partial charge in [0.1, 0.15) is 6.54 Å². The van der Waals surface area contributed by atoms with Gasteiger partial charge in [-0.15, -0.1) is 0 Å². The van der Waals surface area contributed by atoms with Gasteiger partial charge in [-0.05, 0) is 44.0 Å². The van der Waals surface area contributed by atoms with Crippen LogP contribution < -0.4 is 4.80 Å². The van der Waals surface area contributed by atoms with Gasteiger partial charge in [-0.2, -0.15) is 4.99 Å². The first-order chi connectivity index (χ1) is 14.3. The van der Waals surface area contributed by atoms with E-state index in [0.29, 0.717) is 4.80 Å². The van der Waals surface area contributed by atoms with E-state index in [4.69, 9.17) is 4.74 Å². The number of thiazole rings is 1. The maximum Gasteiger partial charge on any atom is 0.326 e. The van der Waals surface area contributed by atoms with E-state index < -0.39 is 16.8 Å². The molecule has 0 aliphatic carbocycles. The lowest BCUT2D eigenvalue weighted by Gasteiger charge is -2.06. The first kappa shape index (κ1) is 21.4. The number of amides is 1. The Balaban J connectivity index is 2.15. The summed E-state index contributed by atoms with van der Waals surface area (Å²) in [5.41, 5.74) is 2.16. The van der Waals surface area contributed by atoms with Crippen molar-refractivity contribution in [2.45, 2.75) is 33.7 Å². The number of nitro benzene ring substituents is 1. The molecule has 2 aromatic carbocycles. The summed E-state index contributed by atoms with van der Waals surface area (Å²) in [4.78, 5) is 40.2. The summed E-state index contributed by atoms with van der Waals surface area (Å²) in [7, 11) is 0. The minimum absolute atomic E-state index is 0.0840. The summed E-state index contributed by atoms with van der Waals surface area (Å²) >= 11 is 1.29. The second-order valence-electron chi connectivity index (χ2n) is 6.56. The molecule has 0 unspecified atom stereocenters. The Morgan fingerprint density at radius 1 is 1.23 bits per heavy atom. The zero-order chi connectivity index (χ0) is 21.8. The van der Waals surface area contributed by atoms with Gasteiger partial charge in [0.05, 0.1) is 27.3 Å². The lowest BCUT2D eigenvalue weighted by molar-refractivity contribution is -0.385. The number of ether oxygens (including phenoxy) is 1. The van der Waals surface area contributed by atoms with Crippen LogP contribution in [-0.4, -0.2) is 28.0 Å². The molecule has 30 heavy (non-hydrogen) atoms. The van der Waals surface area contributed by atoms with E-state index in [-0.39, 0.29) is 30.0 Å². The Labute approximate surface area is 176 Å². The predicted octanol–water partition coefficient (Wildman–Crippen LogP) is 3.79. The second-order valence-corrected chi connectivity index (χ2v) is 7.56. The van der Waals surface area contributed by atoms with Crippen LogP contribution in [-0.2, 0) is 22.5 Å². The number of hydrogen-bond donors (Lipinski definition) is 0. The lowest BCUT2D eigenvalue weighted by atomic mass is 10.1. The van der Waals surface area contributed by atoms with Gasteiger partial charge in [0.15, 0.2) is 4.80 Å². The van der Waals surface area contributed by atoms with Crippen LogP contribution in [0.3, 0.4) is 0 Å². The number of nitro groups is 1. The van der Waals surface area contributed by atoms with Crippen molar-refractivity contribution >= 4 is 39.1 Å². The molecular formula is C21H21N3O5S. The molecule has 1 aromatic heterocycles. The molecule has 0 saturated heterocycles. The monoisotopic (exact) mass is 427 g/mol. The third kappa shape index (κ3) is 4.30. The van der Waals surface area contributed by atoms with Crippen LogP contribution in [0, 0.1) is 17.0 Å². The first-order valence-electron chi connectivity index (χ1n) is 9.46. The highest BCUT2D eigenvalue weighted by atomic mass is 32.1. The van der Waals surface area contributed by atoms with Crippen molar-refractivity contribution in [2.24, 2.45) is 4.99 Å². The normalized spacial score (nSPS) is 11.6. The zero-order valence-corrected chi connectivity index (χ0v) is 17.7. The number of aromatic nitrogens is 1. The van der Waals surface area contributed by atoms with E-state index in [9.17, 15) is 19.7 Å². The standard InChI is InChI=1S/C21H21N3O5S/c1-4-14-9-10-17-18(11-14)30-21(23(17)12-19(25)29-5-2)22-20(26)15-7-6-8-16(13(15)3)24(27)28/h6-11H,4-5,12H2,1-3H3. The third-order valence-corrected chi connectivity index (χ3v) is 5.72. The Morgan fingerprint density at radius 3 is 2.67 bits per heavy atom. The van der Waals surface area contributed by atoms with Crippen molar-refractivity contribution < 1.29 is 19.2 Å². The van der Waals surface area contributed by atoms with Gasteiger partial charge >= 0.3 is 5.97 Å². The molecule has 0 atom stereocenters.